The van der Waals surface area contributed by atoms with Gasteiger partial charge in [0.25, 0.3) is 5.91 Å². The van der Waals surface area contributed by atoms with E-state index < -0.39 is 0 Å². The summed E-state index contributed by atoms with van der Waals surface area (Å²) < 4.78 is 11.2. The predicted octanol–water partition coefficient (Wildman–Crippen LogP) is 6.77. The zero-order valence-corrected chi connectivity index (χ0v) is 21.4. The Morgan fingerprint density at radius 2 is 1.78 bits per heavy atom. The summed E-state index contributed by atoms with van der Waals surface area (Å²) in [6, 6.07) is 20.1. The lowest BCUT2D eigenvalue weighted by Gasteiger charge is -2.10. The van der Waals surface area contributed by atoms with Gasteiger partial charge in [0.1, 0.15) is 11.5 Å². The smallest absolute Gasteiger partial charge is 0.271 e. The van der Waals surface area contributed by atoms with Gasteiger partial charge in [0.15, 0.2) is 5.13 Å². The van der Waals surface area contributed by atoms with E-state index in [-0.39, 0.29) is 5.91 Å². The second-order valence-corrected chi connectivity index (χ2v) is 8.81. The quantitative estimate of drug-likeness (QED) is 0.178. The van der Waals surface area contributed by atoms with E-state index in [2.05, 4.69) is 20.8 Å². The van der Waals surface area contributed by atoms with Crippen molar-refractivity contribution in [1.82, 2.24) is 10.4 Å². The number of hydrogen-bond acceptors (Lipinski definition) is 7. The zero-order chi connectivity index (χ0) is 25.3. The molecular formula is C27H25ClN4O3S. The first-order valence-electron chi connectivity index (χ1n) is 11.4. The second kappa shape index (κ2) is 12.2. The second-order valence-electron chi connectivity index (χ2n) is 7.51. The monoisotopic (exact) mass is 520 g/mol. The highest BCUT2D eigenvalue weighted by Crippen LogP contribution is 2.28. The Labute approximate surface area is 218 Å². The number of carbonyl (C=O) groups is 1. The fourth-order valence-corrected chi connectivity index (χ4v) is 4.16. The Bertz CT molecular complexity index is 1340. The van der Waals surface area contributed by atoms with Crippen LogP contribution in [-0.2, 0) is 0 Å². The van der Waals surface area contributed by atoms with Gasteiger partial charge in [-0.1, -0.05) is 23.7 Å². The predicted molar refractivity (Wildman–Crippen MR) is 146 cm³/mol. The van der Waals surface area contributed by atoms with E-state index in [1.165, 1.54) is 11.3 Å². The molecule has 1 heterocycles. The van der Waals surface area contributed by atoms with Crippen LogP contribution in [0.2, 0.25) is 5.02 Å². The molecule has 0 atom stereocenters. The van der Waals surface area contributed by atoms with E-state index in [0.717, 1.165) is 33.4 Å². The fraction of sp³-hybridized carbons (Fsp3) is 0.148. The van der Waals surface area contributed by atoms with Gasteiger partial charge in [0, 0.05) is 38.8 Å². The van der Waals surface area contributed by atoms with Crippen LogP contribution in [0, 0.1) is 0 Å². The highest BCUT2D eigenvalue weighted by atomic mass is 35.5. The summed E-state index contributed by atoms with van der Waals surface area (Å²) in [6.07, 6.45) is 1.55. The highest BCUT2D eigenvalue weighted by molar-refractivity contribution is 7.14. The van der Waals surface area contributed by atoms with Gasteiger partial charge in [0.2, 0.25) is 0 Å². The van der Waals surface area contributed by atoms with E-state index in [4.69, 9.17) is 21.1 Å². The third-order valence-electron chi connectivity index (χ3n) is 5.01. The van der Waals surface area contributed by atoms with Crippen molar-refractivity contribution in [3.8, 4) is 22.8 Å². The zero-order valence-electron chi connectivity index (χ0n) is 19.8. The van der Waals surface area contributed by atoms with Gasteiger partial charge in [-0.15, -0.1) is 11.3 Å². The Morgan fingerprint density at radius 1 is 1.03 bits per heavy atom. The Balaban J connectivity index is 1.37. The lowest BCUT2D eigenvalue weighted by Crippen LogP contribution is -2.17. The summed E-state index contributed by atoms with van der Waals surface area (Å²) in [5, 5.41) is 10.8. The number of nitrogens with zero attached hydrogens (tertiary/aromatic N) is 2. The van der Waals surface area contributed by atoms with Crippen molar-refractivity contribution in [3.63, 3.8) is 0 Å². The van der Waals surface area contributed by atoms with Crippen LogP contribution in [0.5, 0.6) is 11.5 Å². The number of amides is 1. The SMILES string of the molecule is CCOc1ccc(/C=N\NC(=O)c2ccc(-c3csc(Nc4ccc(Cl)cc4)n3)cc2)c(OCC)c1. The standard InChI is InChI=1S/C27H25ClN4O3S/c1-3-34-23-14-9-20(25(15-23)35-4-2)16-29-32-26(33)19-7-5-18(6-8-19)24-17-36-27(31-24)30-22-12-10-21(28)11-13-22/h5-17H,3-4H2,1-2H3,(H,30,31)(H,32,33)/b29-16-. The molecular weight excluding hydrogens is 496 g/mol. The van der Waals surface area contributed by atoms with E-state index in [0.29, 0.717) is 29.5 Å². The molecule has 184 valence electrons. The number of ether oxygens (including phenoxy) is 2. The van der Waals surface area contributed by atoms with Gasteiger partial charge in [-0.2, -0.15) is 5.10 Å². The average molecular weight is 521 g/mol. The first-order chi connectivity index (χ1) is 17.6. The molecule has 0 aliphatic carbocycles. The van der Waals surface area contributed by atoms with Crippen LogP contribution in [0.25, 0.3) is 11.3 Å². The van der Waals surface area contributed by atoms with E-state index in [1.807, 2.05) is 73.8 Å². The first-order valence-corrected chi connectivity index (χ1v) is 12.6. The summed E-state index contributed by atoms with van der Waals surface area (Å²) in [7, 11) is 0. The third kappa shape index (κ3) is 6.62. The molecule has 0 saturated carbocycles. The number of rotatable bonds is 10. The Morgan fingerprint density at radius 3 is 2.50 bits per heavy atom. The third-order valence-corrected chi connectivity index (χ3v) is 6.02. The van der Waals surface area contributed by atoms with Crippen molar-refractivity contribution >= 4 is 45.9 Å². The number of anilines is 2. The van der Waals surface area contributed by atoms with Crippen molar-refractivity contribution in [2.75, 3.05) is 18.5 Å². The van der Waals surface area contributed by atoms with E-state index >= 15 is 0 Å². The normalized spacial score (nSPS) is 10.9. The molecule has 36 heavy (non-hydrogen) atoms. The van der Waals surface area contributed by atoms with Gasteiger partial charge in [0.05, 0.1) is 25.1 Å². The molecule has 0 saturated heterocycles. The molecule has 4 rings (SSSR count). The molecule has 9 heteroatoms. The van der Waals surface area contributed by atoms with Gasteiger partial charge in [-0.25, -0.2) is 10.4 Å². The largest absolute Gasteiger partial charge is 0.494 e. The Hall–Kier alpha value is -3.88. The van der Waals surface area contributed by atoms with E-state index in [9.17, 15) is 4.79 Å². The first kappa shape index (κ1) is 25.2. The molecule has 0 aliphatic rings. The maximum absolute atomic E-state index is 12.6. The summed E-state index contributed by atoms with van der Waals surface area (Å²) in [6.45, 7) is 4.90. The topological polar surface area (TPSA) is 84.8 Å². The maximum atomic E-state index is 12.6. The number of thiazole rings is 1. The van der Waals surface area contributed by atoms with Crippen LogP contribution in [0.4, 0.5) is 10.8 Å². The van der Waals surface area contributed by atoms with Crippen LogP contribution < -0.4 is 20.2 Å². The Kier molecular flexibility index (Phi) is 8.54. The van der Waals surface area contributed by atoms with Gasteiger partial charge in [-0.3, -0.25) is 4.79 Å². The number of benzene rings is 3. The van der Waals surface area contributed by atoms with Gasteiger partial charge in [-0.05, 0) is 62.4 Å². The lowest BCUT2D eigenvalue weighted by atomic mass is 10.1. The molecule has 0 bridgehead atoms. The van der Waals surface area contributed by atoms with Crippen molar-refractivity contribution in [3.05, 3.63) is 88.3 Å². The van der Waals surface area contributed by atoms with Gasteiger partial charge < -0.3 is 14.8 Å². The summed E-state index contributed by atoms with van der Waals surface area (Å²) in [4.78, 5) is 17.2. The fourth-order valence-electron chi connectivity index (χ4n) is 3.30. The van der Waals surface area contributed by atoms with E-state index in [1.54, 1.807) is 18.3 Å². The number of nitrogens with one attached hydrogen (secondary N) is 2. The number of hydrogen-bond donors (Lipinski definition) is 2. The van der Waals surface area contributed by atoms with Crippen LogP contribution in [-0.4, -0.2) is 30.3 Å². The summed E-state index contributed by atoms with van der Waals surface area (Å²) >= 11 is 7.44. The molecule has 0 unspecified atom stereocenters. The lowest BCUT2D eigenvalue weighted by molar-refractivity contribution is 0.0955. The van der Waals surface area contributed by atoms with Crippen LogP contribution in [0.1, 0.15) is 29.8 Å². The van der Waals surface area contributed by atoms with Crippen molar-refractivity contribution in [2.45, 2.75) is 13.8 Å². The molecule has 2 N–H and O–H groups in total. The molecule has 7 nitrogen and oxygen atoms in total. The molecule has 1 amide bonds. The number of halogens is 1. The van der Waals surface area contributed by atoms with Crippen LogP contribution in [0.15, 0.2) is 77.2 Å². The molecule has 4 aromatic rings. The molecule has 1 aromatic heterocycles. The molecule has 3 aromatic carbocycles. The number of carbonyl (C=O) groups excluding carboxylic acids is 1. The van der Waals surface area contributed by atoms with Crippen molar-refractivity contribution in [1.29, 1.82) is 0 Å². The van der Waals surface area contributed by atoms with Crippen LogP contribution >= 0.6 is 22.9 Å². The van der Waals surface area contributed by atoms with Crippen LogP contribution in [0.3, 0.4) is 0 Å². The number of aromatic nitrogens is 1. The van der Waals surface area contributed by atoms with Crippen molar-refractivity contribution in [2.24, 2.45) is 5.10 Å². The van der Waals surface area contributed by atoms with Crippen molar-refractivity contribution < 1.29 is 14.3 Å². The summed E-state index contributed by atoms with van der Waals surface area (Å²) in [5.74, 6) is 1.04. The minimum atomic E-state index is -0.315. The highest BCUT2D eigenvalue weighted by Gasteiger charge is 2.09. The minimum absolute atomic E-state index is 0.315. The molecule has 0 spiro atoms. The van der Waals surface area contributed by atoms with Gasteiger partial charge >= 0.3 is 0 Å². The molecule has 0 radical (unpaired) electrons. The molecule has 0 fully saturated rings. The maximum Gasteiger partial charge on any atom is 0.271 e. The summed E-state index contributed by atoms with van der Waals surface area (Å²) in [5.41, 5.74) is 6.43. The number of hydrazone groups is 1. The molecule has 0 aliphatic heterocycles. The average Bonchev–Trinajstić information content (AvgIpc) is 3.35. The minimum Gasteiger partial charge on any atom is -0.494 e.